The zero-order valence-electron chi connectivity index (χ0n) is 13.7. The summed E-state index contributed by atoms with van der Waals surface area (Å²) in [5.41, 5.74) is 0.0901. The van der Waals surface area contributed by atoms with Gasteiger partial charge in [-0.1, -0.05) is 6.92 Å². The van der Waals surface area contributed by atoms with Gasteiger partial charge in [-0.15, -0.1) is 0 Å². The van der Waals surface area contributed by atoms with Crippen LogP contribution in [-0.2, 0) is 0 Å². The van der Waals surface area contributed by atoms with E-state index in [0.29, 0.717) is 6.04 Å². The van der Waals surface area contributed by atoms with Crippen LogP contribution in [0.4, 0.5) is 0 Å². The summed E-state index contributed by atoms with van der Waals surface area (Å²) in [7, 11) is 0. The van der Waals surface area contributed by atoms with Gasteiger partial charge in [-0.3, -0.25) is 4.99 Å². The lowest BCUT2D eigenvalue weighted by atomic mass is 10.1. The van der Waals surface area contributed by atoms with Crippen LogP contribution in [0.15, 0.2) is 4.99 Å². The van der Waals surface area contributed by atoms with E-state index in [0.717, 1.165) is 31.9 Å². The molecule has 2 fully saturated rings. The summed E-state index contributed by atoms with van der Waals surface area (Å²) in [4.78, 5) is 7.24. The lowest BCUT2D eigenvalue weighted by Crippen LogP contribution is -2.49. The molecule has 3 N–H and O–H groups in total. The smallest absolute Gasteiger partial charge is 0.191 e. The van der Waals surface area contributed by atoms with Crippen LogP contribution in [0.25, 0.3) is 0 Å². The Labute approximate surface area is 129 Å². The van der Waals surface area contributed by atoms with Gasteiger partial charge in [0.15, 0.2) is 5.96 Å². The summed E-state index contributed by atoms with van der Waals surface area (Å²) in [5.74, 6) is 0.922. The Bertz CT molecular complexity index is 333. The fourth-order valence-electron chi connectivity index (χ4n) is 2.92. The van der Waals surface area contributed by atoms with Crippen LogP contribution in [-0.4, -0.2) is 61.3 Å². The largest absolute Gasteiger partial charge is 0.396 e. The standard InChI is InChI=1S/C16H32N4O/c1-3-9-20-10-5-14(6-11-20)19-15(17-4-2)18-12-16(13-21)7-8-16/h14,21H,3-13H2,1-2H3,(H2,17,18,19). The van der Waals surface area contributed by atoms with Gasteiger partial charge >= 0.3 is 0 Å². The van der Waals surface area contributed by atoms with Gasteiger partial charge in [-0.05, 0) is 45.6 Å². The van der Waals surface area contributed by atoms with Crippen molar-refractivity contribution in [2.45, 2.75) is 52.0 Å². The molecule has 2 aliphatic rings. The minimum Gasteiger partial charge on any atom is -0.396 e. The number of aliphatic hydroxyl groups excluding tert-OH is 1. The number of likely N-dealkylation sites (tertiary alicyclic amines) is 1. The molecule has 0 bridgehead atoms. The second kappa shape index (κ2) is 7.99. The maximum atomic E-state index is 9.38. The van der Waals surface area contributed by atoms with Crippen molar-refractivity contribution in [1.29, 1.82) is 0 Å². The zero-order chi connectivity index (χ0) is 15.1. The van der Waals surface area contributed by atoms with E-state index in [1.807, 2.05) is 0 Å². The molecule has 0 spiro atoms. The van der Waals surface area contributed by atoms with Crippen LogP contribution in [0.5, 0.6) is 0 Å². The number of rotatable bonds is 7. The number of hydrogen-bond acceptors (Lipinski definition) is 3. The highest BCUT2D eigenvalue weighted by molar-refractivity contribution is 5.80. The van der Waals surface area contributed by atoms with Gasteiger partial charge in [0, 0.05) is 31.1 Å². The maximum Gasteiger partial charge on any atom is 0.191 e. The Morgan fingerprint density at radius 2 is 2.00 bits per heavy atom. The number of nitrogens with zero attached hydrogens (tertiary/aromatic N) is 2. The van der Waals surface area contributed by atoms with Crippen molar-refractivity contribution in [3.63, 3.8) is 0 Å². The van der Waals surface area contributed by atoms with Crippen LogP contribution in [0, 0.1) is 5.41 Å². The highest BCUT2D eigenvalue weighted by Crippen LogP contribution is 2.45. The molecule has 1 saturated heterocycles. The highest BCUT2D eigenvalue weighted by Gasteiger charge is 2.41. The molecular formula is C16H32N4O. The van der Waals surface area contributed by atoms with Crippen molar-refractivity contribution in [2.24, 2.45) is 10.4 Å². The molecule has 1 aliphatic heterocycles. The second-order valence-corrected chi connectivity index (χ2v) is 6.61. The predicted molar refractivity (Wildman–Crippen MR) is 87.6 cm³/mol. The second-order valence-electron chi connectivity index (χ2n) is 6.61. The molecule has 0 aromatic rings. The van der Waals surface area contributed by atoms with Gasteiger partial charge in [-0.25, -0.2) is 0 Å². The molecule has 21 heavy (non-hydrogen) atoms. The minimum absolute atomic E-state index is 0.0901. The van der Waals surface area contributed by atoms with E-state index in [4.69, 9.17) is 0 Å². The maximum absolute atomic E-state index is 9.38. The van der Waals surface area contributed by atoms with Crippen molar-refractivity contribution in [1.82, 2.24) is 15.5 Å². The van der Waals surface area contributed by atoms with E-state index in [9.17, 15) is 5.11 Å². The Morgan fingerprint density at radius 3 is 2.52 bits per heavy atom. The average molecular weight is 296 g/mol. The zero-order valence-corrected chi connectivity index (χ0v) is 13.7. The average Bonchev–Trinajstić information content (AvgIpc) is 3.28. The Hall–Kier alpha value is -0.810. The van der Waals surface area contributed by atoms with Crippen molar-refractivity contribution < 1.29 is 5.11 Å². The monoisotopic (exact) mass is 296 g/mol. The van der Waals surface area contributed by atoms with Crippen LogP contribution >= 0.6 is 0 Å². The third-order valence-electron chi connectivity index (χ3n) is 4.68. The van der Waals surface area contributed by atoms with Gasteiger partial charge in [0.1, 0.15) is 0 Å². The first-order valence-electron chi connectivity index (χ1n) is 8.59. The molecule has 5 heteroatoms. The molecule has 0 unspecified atom stereocenters. The highest BCUT2D eigenvalue weighted by atomic mass is 16.3. The molecule has 0 aromatic carbocycles. The van der Waals surface area contributed by atoms with Gasteiger partial charge in [0.25, 0.3) is 0 Å². The van der Waals surface area contributed by atoms with Crippen molar-refractivity contribution in [2.75, 3.05) is 39.3 Å². The molecule has 1 saturated carbocycles. The SMILES string of the molecule is CCCN1CCC(NC(=NCC2(CO)CC2)NCC)CC1. The van der Waals surface area contributed by atoms with Crippen molar-refractivity contribution in [3.8, 4) is 0 Å². The van der Waals surface area contributed by atoms with Gasteiger partial charge in [-0.2, -0.15) is 0 Å². The Morgan fingerprint density at radius 1 is 1.29 bits per heavy atom. The topological polar surface area (TPSA) is 59.9 Å². The molecule has 122 valence electrons. The number of hydrogen-bond donors (Lipinski definition) is 3. The van der Waals surface area contributed by atoms with Gasteiger partial charge in [0.2, 0.25) is 0 Å². The van der Waals surface area contributed by atoms with Crippen LogP contribution in [0.1, 0.15) is 46.0 Å². The minimum atomic E-state index is 0.0901. The number of aliphatic imine (C=N–C) groups is 1. The quantitative estimate of drug-likeness (QED) is 0.488. The van der Waals surface area contributed by atoms with E-state index in [1.165, 1.54) is 38.9 Å². The molecule has 0 radical (unpaired) electrons. The first kappa shape index (κ1) is 16.6. The molecular weight excluding hydrogens is 264 g/mol. The third-order valence-corrected chi connectivity index (χ3v) is 4.68. The number of guanidine groups is 1. The van der Waals surface area contributed by atoms with E-state index in [1.54, 1.807) is 0 Å². The number of piperidine rings is 1. The van der Waals surface area contributed by atoms with E-state index in [-0.39, 0.29) is 12.0 Å². The van der Waals surface area contributed by atoms with Crippen molar-refractivity contribution >= 4 is 5.96 Å². The fourth-order valence-corrected chi connectivity index (χ4v) is 2.92. The van der Waals surface area contributed by atoms with E-state index < -0.39 is 0 Å². The van der Waals surface area contributed by atoms with Crippen LogP contribution in [0.3, 0.4) is 0 Å². The Balaban J connectivity index is 1.78. The lowest BCUT2D eigenvalue weighted by molar-refractivity contribution is 0.205. The lowest BCUT2D eigenvalue weighted by Gasteiger charge is -2.32. The third kappa shape index (κ3) is 5.15. The molecule has 1 aliphatic carbocycles. The number of aliphatic hydroxyl groups is 1. The molecule has 0 amide bonds. The first-order chi connectivity index (χ1) is 10.2. The van der Waals surface area contributed by atoms with Gasteiger partial charge in [0.05, 0.1) is 13.2 Å². The predicted octanol–water partition coefficient (Wildman–Crippen LogP) is 1.19. The first-order valence-corrected chi connectivity index (χ1v) is 8.59. The normalized spacial score (nSPS) is 23.1. The number of nitrogens with one attached hydrogen (secondary N) is 2. The molecule has 5 nitrogen and oxygen atoms in total. The Kier molecular flexibility index (Phi) is 6.30. The van der Waals surface area contributed by atoms with Crippen LogP contribution < -0.4 is 10.6 Å². The summed E-state index contributed by atoms with van der Waals surface area (Å²) in [6.07, 6.45) is 5.85. The summed E-state index contributed by atoms with van der Waals surface area (Å²) in [6, 6.07) is 0.528. The van der Waals surface area contributed by atoms with E-state index >= 15 is 0 Å². The summed E-state index contributed by atoms with van der Waals surface area (Å²) in [5, 5.41) is 16.3. The van der Waals surface area contributed by atoms with Crippen LogP contribution in [0.2, 0.25) is 0 Å². The van der Waals surface area contributed by atoms with Crippen molar-refractivity contribution in [3.05, 3.63) is 0 Å². The molecule has 0 aromatic heterocycles. The fraction of sp³-hybridized carbons (Fsp3) is 0.938. The summed E-state index contributed by atoms with van der Waals surface area (Å²) < 4.78 is 0. The van der Waals surface area contributed by atoms with Gasteiger partial charge < -0.3 is 20.6 Å². The molecule has 2 rings (SSSR count). The molecule has 1 heterocycles. The molecule has 0 atom stereocenters. The summed E-state index contributed by atoms with van der Waals surface area (Å²) >= 11 is 0. The summed E-state index contributed by atoms with van der Waals surface area (Å²) in [6.45, 7) is 9.83. The van der Waals surface area contributed by atoms with E-state index in [2.05, 4.69) is 34.4 Å².